The Hall–Kier alpha value is -2.33. The van der Waals surface area contributed by atoms with Crippen LogP contribution in [0.4, 0.5) is 10.5 Å². The second-order valence-corrected chi connectivity index (χ2v) is 8.66. The number of rotatable bonds is 7. The number of anilines is 1. The van der Waals surface area contributed by atoms with Crippen LogP contribution in [0.25, 0.3) is 0 Å². The van der Waals surface area contributed by atoms with Crippen molar-refractivity contribution >= 4 is 27.6 Å². The molecule has 2 rings (SSSR count). The molecule has 0 bridgehead atoms. The highest BCUT2D eigenvalue weighted by molar-refractivity contribution is 7.89. The van der Waals surface area contributed by atoms with Crippen molar-refractivity contribution < 1.29 is 22.7 Å². The minimum Gasteiger partial charge on any atom is -0.495 e. The van der Waals surface area contributed by atoms with E-state index in [0.29, 0.717) is 11.4 Å². The molecule has 1 saturated carbocycles. The van der Waals surface area contributed by atoms with Gasteiger partial charge in [0.2, 0.25) is 15.9 Å². The maximum absolute atomic E-state index is 12.3. The van der Waals surface area contributed by atoms with E-state index in [1.54, 1.807) is 0 Å². The van der Waals surface area contributed by atoms with E-state index in [9.17, 15) is 18.0 Å². The summed E-state index contributed by atoms with van der Waals surface area (Å²) in [4.78, 5) is 23.9. The van der Waals surface area contributed by atoms with Crippen LogP contribution >= 0.6 is 0 Å². The van der Waals surface area contributed by atoms with Crippen molar-refractivity contribution in [2.45, 2.75) is 36.6 Å². The number of carbonyl (C=O) groups is 2. The average molecular weight is 398 g/mol. The molecule has 0 aromatic heterocycles. The fraction of sp³-hybridized carbons (Fsp3) is 0.529. The van der Waals surface area contributed by atoms with Crippen LogP contribution in [0.2, 0.25) is 0 Å². The van der Waals surface area contributed by atoms with Crippen molar-refractivity contribution in [3.8, 4) is 5.75 Å². The highest BCUT2D eigenvalue weighted by atomic mass is 32.2. The second kappa shape index (κ2) is 9.05. The molecule has 150 valence electrons. The van der Waals surface area contributed by atoms with Crippen molar-refractivity contribution in [3.63, 3.8) is 0 Å². The number of methoxy groups -OCH3 is 1. The van der Waals surface area contributed by atoms with Gasteiger partial charge in [-0.3, -0.25) is 10.1 Å². The first-order valence-electron chi connectivity index (χ1n) is 8.69. The van der Waals surface area contributed by atoms with Gasteiger partial charge in [-0.15, -0.1) is 0 Å². The van der Waals surface area contributed by atoms with Crippen LogP contribution < -0.4 is 20.7 Å². The molecular weight excluding hydrogens is 372 g/mol. The van der Waals surface area contributed by atoms with Crippen molar-refractivity contribution in [2.24, 2.45) is 0 Å². The van der Waals surface area contributed by atoms with Crippen LogP contribution in [-0.4, -0.2) is 58.5 Å². The zero-order valence-corrected chi connectivity index (χ0v) is 16.6. The number of hydrogen-bond acceptors (Lipinski definition) is 6. The molecule has 9 nitrogen and oxygen atoms in total. The van der Waals surface area contributed by atoms with E-state index in [0.717, 1.165) is 30.0 Å². The lowest BCUT2D eigenvalue weighted by Gasteiger charge is -2.16. The van der Waals surface area contributed by atoms with E-state index in [2.05, 4.69) is 16.0 Å². The van der Waals surface area contributed by atoms with E-state index in [1.165, 1.54) is 39.4 Å². The Kier molecular flexibility index (Phi) is 7.03. The van der Waals surface area contributed by atoms with Crippen molar-refractivity contribution in [2.75, 3.05) is 33.1 Å². The van der Waals surface area contributed by atoms with E-state index < -0.39 is 22.0 Å². The Bertz CT molecular complexity index is 789. The van der Waals surface area contributed by atoms with Gasteiger partial charge >= 0.3 is 6.03 Å². The number of sulfonamides is 1. The van der Waals surface area contributed by atoms with Gasteiger partial charge in [-0.05, 0) is 31.0 Å². The number of benzene rings is 1. The van der Waals surface area contributed by atoms with Gasteiger partial charge < -0.3 is 15.4 Å². The van der Waals surface area contributed by atoms with Gasteiger partial charge in [0.15, 0.2) is 0 Å². The number of urea groups is 1. The van der Waals surface area contributed by atoms with Gasteiger partial charge in [-0.1, -0.05) is 12.8 Å². The summed E-state index contributed by atoms with van der Waals surface area (Å²) < 4.78 is 30.8. The molecular formula is C17H26N4O5S. The molecule has 0 heterocycles. The first kappa shape index (κ1) is 21.0. The summed E-state index contributed by atoms with van der Waals surface area (Å²) in [5.74, 6) is -0.149. The Balaban J connectivity index is 1.99. The molecule has 0 unspecified atom stereocenters. The summed E-state index contributed by atoms with van der Waals surface area (Å²) in [6.07, 6.45) is 3.99. The predicted octanol–water partition coefficient (Wildman–Crippen LogP) is 1.13. The van der Waals surface area contributed by atoms with Crippen LogP contribution in [0.5, 0.6) is 5.75 Å². The number of hydrogen-bond donors (Lipinski definition) is 3. The monoisotopic (exact) mass is 398 g/mol. The van der Waals surface area contributed by atoms with Gasteiger partial charge in [0.05, 0.1) is 24.2 Å². The normalized spacial score (nSPS) is 14.8. The molecule has 0 spiro atoms. The van der Waals surface area contributed by atoms with Crippen LogP contribution in [0.1, 0.15) is 25.7 Å². The highest BCUT2D eigenvalue weighted by Crippen LogP contribution is 2.28. The SMILES string of the molecule is COc1ccc(S(=O)(=O)N(C)C)cc1NCC(=O)NC(=O)NC1CCCC1. The lowest BCUT2D eigenvalue weighted by molar-refractivity contribution is -0.118. The predicted molar refractivity (Wildman–Crippen MR) is 101 cm³/mol. The van der Waals surface area contributed by atoms with Gasteiger partial charge in [0.25, 0.3) is 0 Å². The average Bonchev–Trinajstić information content (AvgIpc) is 3.12. The molecule has 10 heteroatoms. The molecule has 1 aliphatic carbocycles. The van der Waals surface area contributed by atoms with Crippen molar-refractivity contribution in [3.05, 3.63) is 18.2 Å². The Morgan fingerprint density at radius 3 is 2.48 bits per heavy atom. The molecule has 1 fully saturated rings. The lowest BCUT2D eigenvalue weighted by Crippen LogP contribution is -2.45. The molecule has 3 amide bonds. The Morgan fingerprint density at radius 2 is 1.89 bits per heavy atom. The highest BCUT2D eigenvalue weighted by Gasteiger charge is 2.20. The first-order chi connectivity index (χ1) is 12.7. The summed E-state index contributed by atoms with van der Waals surface area (Å²) >= 11 is 0. The van der Waals surface area contributed by atoms with Crippen LogP contribution in [-0.2, 0) is 14.8 Å². The van der Waals surface area contributed by atoms with Crippen LogP contribution in [0.3, 0.4) is 0 Å². The molecule has 0 saturated heterocycles. The molecule has 1 aromatic carbocycles. The maximum atomic E-state index is 12.3. The number of amides is 3. The molecule has 1 aromatic rings. The third-order valence-corrected chi connectivity index (χ3v) is 6.14. The topological polar surface area (TPSA) is 117 Å². The largest absolute Gasteiger partial charge is 0.495 e. The Labute approximate surface area is 159 Å². The zero-order chi connectivity index (χ0) is 20.0. The summed E-state index contributed by atoms with van der Waals surface area (Å²) in [6, 6.07) is 3.90. The maximum Gasteiger partial charge on any atom is 0.321 e. The minimum absolute atomic E-state index is 0.0650. The van der Waals surface area contributed by atoms with Gasteiger partial charge in [0, 0.05) is 20.1 Å². The molecule has 27 heavy (non-hydrogen) atoms. The summed E-state index contributed by atoms with van der Waals surface area (Å²) in [7, 11) is 0.685. The van der Waals surface area contributed by atoms with Gasteiger partial charge in [-0.2, -0.15) is 0 Å². The first-order valence-corrected chi connectivity index (χ1v) is 10.1. The van der Waals surface area contributed by atoms with Crippen molar-refractivity contribution in [1.82, 2.24) is 14.9 Å². The van der Waals surface area contributed by atoms with E-state index in [4.69, 9.17) is 4.74 Å². The fourth-order valence-electron chi connectivity index (χ4n) is 2.83. The van der Waals surface area contributed by atoms with E-state index >= 15 is 0 Å². The van der Waals surface area contributed by atoms with Gasteiger partial charge in [0.1, 0.15) is 5.75 Å². The summed E-state index contributed by atoms with van der Waals surface area (Å²) in [5.41, 5.74) is 0.340. The second-order valence-electron chi connectivity index (χ2n) is 6.51. The number of nitrogens with zero attached hydrogens (tertiary/aromatic N) is 1. The molecule has 3 N–H and O–H groups in total. The van der Waals surface area contributed by atoms with Crippen molar-refractivity contribution in [1.29, 1.82) is 0 Å². The number of ether oxygens (including phenoxy) is 1. The number of nitrogens with one attached hydrogen (secondary N) is 3. The fourth-order valence-corrected chi connectivity index (χ4v) is 3.76. The number of imide groups is 1. The molecule has 1 aliphatic rings. The zero-order valence-electron chi connectivity index (χ0n) is 15.7. The summed E-state index contributed by atoms with van der Waals surface area (Å²) in [5, 5.41) is 7.84. The van der Waals surface area contributed by atoms with E-state index in [1.807, 2.05) is 0 Å². The third-order valence-electron chi connectivity index (χ3n) is 4.33. The van der Waals surface area contributed by atoms with E-state index in [-0.39, 0.29) is 17.5 Å². The van der Waals surface area contributed by atoms with Gasteiger partial charge in [-0.25, -0.2) is 17.5 Å². The Morgan fingerprint density at radius 1 is 1.22 bits per heavy atom. The minimum atomic E-state index is -3.62. The molecule has 0 atom stereocenters. The number of carbonyl (C=O) groups excluding carboxylic acids is 2. The van der Waals surface area contributed by atoms with Crippen LogP contribution in [0.15, 0.2) is 23.1 Å². The lowest BCUT2D eigenvalue weighted by atomic mass is 10.2. The molecule has 0 aliphatic heterocycles. The van der Waals surface area contributed by atoms with Crippen LogP contribution in [0, 0.1) is 0 Å². The standard InChI is InChI=1S/C17H26N4O5S/c1-21(2)27(24,25)13-8-9-15(26-3)14(10-13)18-11-16(22)20-17(23)19-12-6-4-5-7-12/h8-10,12,18H,4-7,11H2,1-3H3,(H2,19,20,22,23). The smallest absolute Gasteiger partial charge is 0.321 e. The molecule has 0 radical (unpaired) electrons. The summed E-state index contributed by atoms with van der Waals surface area (Å²) in [6.45, 7) is -0.208. The third kappa shape index (κ3) is 5.57. The quantitative estimate of drug-likeness (QED) is 0.634.